The number of nitrogens with zero attached hydrogens (tertiary/aromatic N) is 3. The molecule has 0 fully saturated rings. The first kappa shape index (κ1) is 10.7. The van der Waals surface area contributed by atoms with Gasteiger partial charge in [-0.2, -0.15) is 5.10 Å². The largest absolute Gasteiger partial charge is 0.433 e. The molecule has 0 aliphatic heterocycles. The molecule has 0 radical (unpaired) electrons. The smallest absolute Gasteiger partial charge is 0.400 e. The summed E-state index contributed by atoms with van der Waals surface area (Å²) in [5, 5.41) is 25.1. The average molecular weight is 213 g/mol. The molecule has 0 bridgehead atoms. The highest BCUT2D eigenvalue weighted by atomic mass is 16.6. The number of guanidine groups is 1. The molecule has 0 aliphatic rings. The summed E-state index contributed by atoms with van der Waals surface area (Å²) in [5.74, 6) is -0.558. The van der Waals surface area contributed by atoms with E-state index in [1.54, 1.807) is 5.48 Å². The van der Waals surface area contributed by atoms with Gasteiger partial charge in [-0.1, -0.05) is 0 Å². The van der Waals surface area contributed by atoms with Crippen LogP contribution in [0, 0.1) is 10.1 Å². The zero-order valence-corrected chi connectivity index (χ0v) is 7.32. The molecular formula is C6H7N5O4. The molecule has 0 saturated carbocycles. The van der Waals surface area contributed by atoms with Crippen molar-refractivity contribution in [2.75, 3.05) is 0 Å². The average Bonchev–Trinajstić information content (AvgIpc) is 2.66. The summed E-state index contributed by atoms with van der Waals surface area (Å²) in [6.45, 7) is 0. The minimum absolute atomic E-state index is 0.149. The third-order valence-electron chi connectivity index (χ3n) is 1.26. The van der Waals surface area contributed by atoms with Gasteiger partial charge in [0.15, 0.2) is 5.76 Å². The molecule has 0 unspecified atom stereocenters. The maximum absolute atomic E-state index is 10.2. The summed E-state index contributed by atoms with van der Waals surface area (Å²) in [6, 6.07) is 2.53. The van der Waals surface area contributed by atoms with Gasteiger partial charge in [0.2, 0.25) is 5.96 Å². The zero-order valence-electron chi connectivity index (χ0n) is 7.32. The van der Waals surface area contributed by atoms with Crippen LogP contribution in [0.1, 0.15) is 5.76 Å². The number of hydrogen-bond donors (Lipinski definition) is 3. The topological polar surface area (TPSA) is 139 Å². The minimum Gasteiger partial charge on any atom is -0.400 e. The summed E-state index contributed by atoms with van der Waals surface area (Å²) >= 11 is 0. The van der Waals surface area contributed by atoms with Crippen molar-refractivity contribution in [3.63, 3.8) is 0 Å². The third kappa shape index (κ3) is 3.08. The van der Waals surface area contributed by atoms with Crippen molar-refractivity contribution in [1.29, 1.82) is 0 Å². The van der Waals surface area contributed by atoms with Crippen LogP contribution in [0.5, 0.6) is 0 Å². The number of hydrogen-bond acceptors (Lipinski definition) is 6. The fourth-order valence-corrected chi connectivity index (χ4v) is 0.680. The maximum Gasteiger partial charge on any atom is 0.433 e. The molecular weight excluding hydrogens is 206 g/mol. The van der Waals surface area contributed by atoms with Crippen molar-refractivity contribution < 1.29 is 14.5 Å². The second-order valence-corrected chi connectivity index (χ2v) is 2.27. The van der Waals surface area contributed by atoms with Gasteiger partial charge in [-0.15, -0.1) is 5.10 Å². The monoisotopic (exact) mass is 213 g/mol. The predicted octanol–water partition coefficient (Wildman–Crippen LogP) is -0.185. The highest BCUT2D eigenvalue weighted by Crippen LogP contribution is 2.13. The lowest BCUT2D eigenvalue weighted by Crippen LogP contribution is -2.27. The molecule has 4 N–H and O–H groups in total. The Kier molecular flexibility index (Phi) is 3.35. The van der Waals surface area contributed by atoms with E-state index in [0.717, 1.165) is 6.21 Å². The molecule has 80 valence electrons. The van der Waals surface area contributed by atoms with E-state index in [4.69, 9.17) is 15.4 Å². The molecule has 0 aromatic carbocycles. The Hall–Kier alpha value is -2.42. The quantitative estimate of drug-likeness (QED) is 0.275. The lowest BCUT2D eigenvalue weighted by atomic mass is 10.5. The first-order chi connectivity index (χ1) is 7.13. The number of nitro groups is 1. The van der Waals surface area contributed by atoms with Crippen LogP contribution in [-0.2, 0) is 0 Å². The van der Waals surface area contributed by atoms with Crippen LogP contribution in [0.4, 0.5) is 5.88 Å². The molecule has 0 spiro atoms. The van der Waals surface area contributed by atoms with Crippen LogP contribution in [0.2, 0.25) is 0 Å². The zero-order chi connectivity index (χ0) is 11.3. The van der Waals surface area contributed by atoms with Crippen LogP contribution in [0.3, 0.4) is 0 Å². The first-order valence-electron chi connectivity index (χ1n) is 3.64. The summed E-state index contributed by atoms with van der Waals surface area (Å²) in [4.78, 5) is 9.54. The molecule has 1 aromatic rings. The third-order valence-corrected chi connectivity index (χ3v) is 1.26. The molecule has 9 nitrogen and oxygen atoms in total. The van der Waals surface area contributed by atoms with Gasteiger partial charge in [0.05, 0.1) is 12.3 Å². The van der Waals surface area contributed by atoms with Gasteiger partial charge in [0, 0.05) is 0 Å². The molecule has 15 heavy (non-hydrogen) atoms. The van der Waals surface area contributed by atoms with Crippen LogP contribution in [-0.4, -0.2) is 22.3 Å². The second-order valence-electron chi connectivity index (χ2n) is 2.27. The Morgan fingerprint density at radius 3 is 3.00 bits per heavy atom. The van der Waals surface area contributed by atoms with Gasteiger partial charge < -0.3 is 10.2 Å². The van der Waals surface area contributed by atoms with Crippen LogP contribution >= 0.6 is 0 Å². The Balaban J connectivity index is 2.69. The summed E-state index contributed by atoms with van der Waals surface area (Å²) in [5.41, 5.74) is 6.58. The van der Waals surface area contributed by atoms with Crippen molar-refractivity contribution in [3.05, 3.63) is 28.0 Å². The summed E-state index contributed by atoms with van der Waals surface area (Å²) in [7, 11) is 0. The molecule has 0 aliphatic carbocycles. The number of furan rings is 1. The molecule has 9 heteroatoms. The lowest BCUT2D eigenvalue weighted by molar-refractivity contribution is -0.402. The predicted molar refractivity (Wildman–Crippen MR) is 49.5 cm³/mol. The van der Waals surface area contributed by atoms with E-state index in [1.807, 2.05) is 0 Å². The van der Waals surface area contributed by atoms with Gasteiger partial charge in [-0.05, 0) is 6.07 Å². The summed E-state index contributed by atoms with van der Waals surface area (Å²) in [6.07, 6.45) is 1.11. The van der Waals surface area contributed by atoms with Gasteiger partial charge in [0.25, 0.3) is 0 Å². The van der Waals surface area contributed by atoms with E-state index in [2.05, 4.69) is 10.2 Å². The van der Waals surface area contributed by atoms with Crippen molar-refractivity contribution in [3.8, 4) is 0 Å². The Bertz CT molecular complexity index is 409. The van der Waals surface area contributed by atoms with E-state index >= 15 is 0 Å². The molecule has 1 heterocycles. The second kappa shape index (κ2) is 4.72. The molecule has 1 rings (SSSR count). The molecule has 0 amide bonds. The SMILES string of the molecule is N/C(=N\N=C\c1ccc([N+](=O)[O-])o1)NO. The van der Waals surface area contributed by atoms with Gasteiger partial charge >= 0.3 is 5.88 Å². The van der Waals surface area contributed by atoms with E-state index in [9.17, 15) is 10.1 Å². The fraction of sp³-hybridized carbons (Fsp3) is 0. The normalized spacial score (nSPS) is 11.9. The lowest BCUT2D eigenvalue weighted by Gasteiger charge is -1.89. The van der Waals surface area contributed by atoms with Crippen molar-refractivity contribution >= 4 is 18.1 Å². The molecule has 0 atom stereocenters. The van der Waals surface area contributed by atoms with Crippen molar-refractivity contribution in [1.82, 2.24) is 5.48 Å². The van der Waals surface area contributed by atoms with Gasteiger partial charge in [-0.25, -0.2) is 5.48 Å². The summed E-state index contributed by atoms with van der Waals surface area (Å²) < 4.78 is 4.72. The van der Waals surface area contributed by atoms with Crippen molar-refractivity contribution in [2.45, 2.75) is 0 Å². The van der Waals surface area contributed by atoms with Gasteiger partial charge in [0.1, 0.15) is 4.92 Å². The highest BCUT2D eigenvalue weighted by Gasteiger charge is 2.09. The van der Waals surface area contributed by atoms with Crippen LogP contribution in [0.25, 0.3) is 0 Å². The maximum atomic E-state index is 10.2. The number of nitrogens with two attached hydrogens (primary N) is 1. The van der Waals surface area contributed by atoms with Crippen LogP contribution in [0.15, 0.2) is 26.8 Å². The molecule has 1 aromatic heterocycles. The van der Waals surface area contributed by atoms with Crippen molar-refractivity contribution in [2.24, 2.45) is 15.9 Å². The van der Waals surface area contributed by atoms with E-state index in [1.165, 1.54) is 12.1 Å². The minimum atomic E-state index is -0.676. The number of rotatable bonds is 3. The Labute approximate surface area is 83.0 Å². The number of hydroxylamine groups is 1. The highest BCUT2D eigenvalue weighted by molar-refractivity contribution is 5.79. The standard InChI is InChI=1S/C6H7N5O4/c7-6(10-12)9-8-3-4-1-2-5(15-4)11(13)14/h1-3,12H,(H3,7,9,10)/b8-3+. The van der Waals surface area contributed by atoms with E-state index in [0.29, 0.717) is 0 Å². The number of nitrogens with one attached hydrogen (secondary N) is 1. The van der Waals surface area contributed by atoms with Gasteiger partial charge in [-0.3, -0.25) is 15.3 Å². The van der Waals surface area contributed by atoms with E-state index < -0.39 is 10.8 Å². The Morgan fingerprint density at radius 2 is 2.47 bits per heavy atom. The first-order valence-corrected chi connectivity index (χ1v) is 3.64. The van der Waals surface area contributed by atoms with Crippen LogP contribution < -0.4 is 11.2 Å². The fourth-order valence-electron chi connectivity index (χ4n) is 0.680. The molecule has 0 saturated heterocycles. The Morgan fingerprint density at radius 1 is 1.73 bits per heavy atom. The van der Waals surface area contributed by atoms with E-state index in [-0.39, 0.29) is 11.7 Å².